The van der Waals surface area contributed by atoms with Gasteiger partial charge in [0.1, 0.15) is 0 Å². The van der Waals surface area contributed by atoms with E-state index in [0.717, 1.165) is 51.4 Å². The second-order valence-corrected chi connectivity index (χ2v) is 17.2. The number of aliphatic hydroxyl groups excluding tert-OH is 1. The van der Waals surface area contributed by atoms with E-state index in [2.05, 4.69) is 55.6 Å². The van der Waals surface area contributed by atoms with Crippen LogP contribution in [0.5, 0.6) is 0 Å². The molecular formula is C47H87NO5S. The van der Waals surface area contributed by atoms with Gasteiger partial charge in [-0.25, -0.2) is 0 Å². The molecule has 2 atom stereocenters. The molecule has 2 unspecified atom stereocenters. The Kier molecular flexibility index (Phi) is 39.7. The second-order valence-electron chi connectivity index (χ2n) is 15.7. The summed E-state index contributed by atoms with van der Waals surface area (Å²) in [5.74, 6) is -1.01. The molecule has 0 heterocycles. The second kappa shape index (κ2) is 40.9. The molecule has 1 amide bonds. The van der Waals surface area contributed by atoms with Crippen molar-refractivity contribution in [1.29, 1.82) is 0 Å². The minimum Gasteiger partial charge on any atom is -0.387 e. The number of carbonyl (C=O) groups is 1. The Labute approximate surface area is 335 Å². The van der Waals surface area contributed by atoms with Gasteiger partial charge in [0.15, 0.2) is 0 Å². The predicted molar refractivity (Wildman–Crippen MR) is 235 cm³/mol. The molecule has 7 heteroatoms. The Balaban J connectivity index is 3.92. The third-order valence-corrected chi connectivity index (χ3v) is 11.0. The van der Waals surface area contributed by atoms with Crippen LogP contribution < -0.4 is 5.32 Å². The van der Waals surface area contributed by atoms with Crippen molar-refractivity contribution in [3.63, 3.8) is 0 Å². The monoisotopic (exact) mass is 778 g/mol. The summed E-state index contributed by atoms with van der Waals surface area (Å²) in [6.07, 6.45) is 55.3. The fourth-order valence-corrected chi connectivity index (χ4v) is 7.52. The highest BCUT2D eigenvalue weighted by Gasteiger charge is 2.24. The van der Waals surface area contributed by atoms with Crippen molar-refractivity contribution < 1.29 is 22.9 Å². The average molecular weight is 778 g/mol. The van der Waals surface area contributed by atoms with Crippen LogP contribution in [0, 0.1) is 0 Å². The van der Waals surface area contributed by atoms with Gasteiger partial charge < -0.3 is 10.4 Å². The first-order valence-electron chi connectivity index (χ1n) is 22.8. The van der Waals surface area contributed by atoms with Crippen LogP contribution in [0.4, 0.5) is 0 Å². The van der Waals surface area contributed by atoms with Gasteiger partial charge in [-0.15, -0.1) is 0 Å². The smallest absolute Gasteiger partial charge is 0.267 e. The van der Waals surface area contributed by atoms with Crippen LogP contribution in [-0.2, 0) is 14.9 Å². The van der Waals surface area contributed by atoms with Crippen molar-refractivity contribution in [3.8, 4) is 0 Å². The summed E-state index contributed by atoms with van der Waals surface area (Å²) in [6, 6.07) is -1.08. The fourth-order valence-electron chi connectivity index (χ4n) is 6.79. The molecule has 0 saturated carbocycles. The number of amides is 1. The summed E-state index contributed by atoms with van der Waals surface area (Å²) in [5, 5.41) is 13.2. The molecule has 0 fully saturated rings. The van der Waals surface area contributed by atoms with E-state index in [1.807, 2.05) is 6.08 Å². The lowest BCUT2D eigenvalue weighted by atomic mass is 10.0. The summed E-state index contributed by atoms with van der Waals surface area (Å²) in [6.45, 7) is 4.52. The van der Waals surface area contributed by atoms with E-state index in [1.54, 1.807) is 0 Å². The van der Waals surface area contributed by atoms with E-state index in [9.17, 15) is 22.9 Å². The van der Waals surface area contributed by atoms with Gasteiger partial charge in [-0.2, -0.15) is 8.42 Å². The van der Waals surface area contributed by atoms with Gasteiger partial charge in [-0.05, 0) is 64.2 Å². The Hall–Kier alpha value is -1.70. The minimum atomic E-state index is -4.36. The van der Waals surface area contributed by atoms with Gasteiger partial charge in [-0.1, -0.05) is 204 Å². The van der Waals surface area contributed by atoms with Crippen molar-refractivity contribution in [3.05, 3.63) is 48.6 Å². The molecule has 0 aliphatic heterocycles. The predicted octanol–water partition coefficient (Wildman–Crippen LogP) is 13.9. The van der Waals surface area contributed by atoms with Crippen LogP contribution in [0.25, 0.3) is 0 Å². The quantitative estimate of drug-likeness (QED) is 0.0326. The Morgan fingerprint density at radius 2 is 0.852 bits per heavy atom. The minimum absolute atomic E-state index is 0.278. The lowest BCUT2D eigenvalue weighted by Crippen LogP contribution is -2.46. The maximum absolute atomic E-state index is 12.5. The van der Waals surface area contributed by atoms with E-state index >= 15 is 0 Å². The van der Waals surface area contributed by atoms with Gasteiger partial charge in [-0.3, -0.25) is 9.35 Å². The van der Waals surface area contributed by atoms with Crippen molar-refractivity contribution >= 4 is 16.0 Å². The molecule has 6 nitrogen and oxygen atoms in total. The van der Waals surface area contributed by atoms with E-state index in [0.29, 0.717) is 6.42 Å². The maximum atomic E-state index is 12.5. The fraction of sp³-hybridized carbons (Fsp3) is 0.809. The first kappa shape index (κ1) is 52.3. The Morgan fingerprint density at radius 1 is 0.500 bits per heavy atom. The zero-order valence-electron chi connectivity index (χ0n) is 35.3. The molecule has 0 aromatic heterocycles. The van der Waals surface area contributed by atoms with Crippen LogP contribution >= 0.6 is 0 Å². The number of unbranched alkanes of at least 4 members (excludes halogenated alkanes) is 27. The zero-order valence-corrected chi connectivity index (χ0v) is 36.2. The first-order chi connectivity index (χ1) is 26.3. The number of rotatable bonds is 41. The van der Waals surface area contributed by atoms with Crippen molar-refractivity contribution in [1.82, 2.24) is 5.32 Å². The summed E-state index contributed by atoms with van der Waals surface area (Å²) in [5.41, 5.74) is 0. The third-order valence-electron chi connectivity index (χ3n) is 10.2. The van der Waals surface area contributed by atoms with E-state index in [1.165, 1.54) is 154 Å². The molecule has 0 rings (SSSR count). The SMILES string of the molecule is CCCCCC/C=C\C/C=C\CCCCCCCCCC(=O)NC(CS(=O)(=O)O)C(O)/C=C/CC/C=C/CCCCCCCCCCCCCCCCC. The average Bonchev–Trinajstić information content (AvgIpc) is 3.14. The van der Waals surface area contributed by atoms with Gasteiger partial charge in [0.05, 0.1) is 17.9 Å². The van der Waals surface area contributed by atoms with Crippen LogP contribution in [0.1, 0.15) is 226 Å². The summed E-state index contributed by atoms with van der Waals surface area (Å²) in [4.78, 5) is 12.5. The standard InChI is InChI=1S/C47H87NO5S/c1-3-5-7-9-11-13-15-17-19-21-23-24-25-26-28-30-32-34-36-38-40-42-46(49)45(44-54(51,52)53)48-47(50)43-41-39-37-35-33-31-29-27-22-20-18-16-14-12-10-8-6-4-2/h14,16,20,22,32,34,40,42,45-46,49H,3-13,15,17-19,21,23-31,33,35-39,41,43-44H2,1-2H3,(H,48,50)(H,51,52,53)/b16-14-,22-20-,34-32+,42-40+. The number of hydrogen-bond acceptors (Lipinski definition) is 4. The van der Waals surface area contributed by atoms with Crippen LogP contribution in [0.15, 0.2) is 48.6 Å². The Bertz CT molecular complexity index is 1030. The molecule has 0 bridgehead atoms. The zero-order chi connectivity index (χ0) is 39.6. The first-order valence-corrected chi connectivity index (χ1v) is 24.4. The lowest BCUT2D eigenvalue weighted by Gasteiger charge is -2.21. The molecule has 0 aliphatic rings. The molecule has 0 aromatic carbocycles. The van der Waals surface area contributed by atoms with E-state index in [4.69, 9.17) is 0 Å². The molecule has 0 aromatic rings. The lowest BCUT2D eigenvalue weighted by molar-refractivity contribution is -0.122. The normalized spacial score (nSPS) is 13.6. The number of nitrogens with one attached hydrogen (secondary N) is 1. The van der Waals surface area contributed by atoms with Gasteiger partial charge in [0, 0.05) is 6.42 Å². The van der Waals surface area contributed by atoms with Gasteiger partial charge >= 0.3 is 0 Å². The summed E-state index contributed by atoms with van der Waals surface area (Å²) >= 11 is 0. The van der Waals surface area contributed by atoms with E-state index < -0.39 is 28.0 Å². The summed E-state index contributed by atoms with van der Waals surface area (Å²) in [7, 11) is -4.36. The number of aliphatic hydroxyl groups is 1. The topological polar surface area (TPSA) is 104 Å². The molecule has 0 spiro atoms. The van der Waals surface area contributed by atoms with Crippen LogP contribution in [-0.4, -0.2) is 41.9 Å². The highest BCUT2D eigenvalue weighted by molar-refractivity contribution is 7.85. The number of hydrogen-bond donors (Lipinski definition) is 3. The van der Waals surface area contributed by atoms with Crippen LogP contribution in [0.3, 0.4) is 0 Å². The molecular weight excluding hydrogens is 691 g/mol. The van der Waals surface area contributed by atoms with Gasteiger partial charge in [0.25, 0.3) is 10.1 Å². The molecule has 3 N–H and O–H groups in total. The molecule has 54 heavy (non-hydrogen) atoms. The Morgan fingerprint density at radius 3 is 1.30 bits per heavy atom. The van der Waals surface area contributed by atoms with Crippen LogP contribution in [0.2, 0.25) is 0 Å². The highest BCUT2D eigenvalue weighted by Crippen LogP contribution is 2.15. The van der Waals surface area contributed by atoms with E-state index in [-0.39, 0.29) is 12.3 Å². The number of carbonyl (C=O) groups excluding carboxylic acids is 1. The third kappa shape index (κ3) is 41.5. The molecule has 316 valence electrons. The molecule has 0 aliphatic carbocycles. The maximum Gasteiger partial charge on any atom is 0.267 e. The largest absolute Gasteiger partial charge is 0.387 e. The summed E-state index contributed by atoms with van der Waals surface area (Å²) < 4.78 is 32.6. The molecule has 0 radical (unpaired) electrons. The molecule has 0 saturated heterocycles. The highest BCUT2D eigenvalue weighted by atomic mass is 32.2. The number of allylic oxidation sites excluding steroid dienone is 7. The van der Waals surface area contributed by atoms with Crippen molar-refractivity contribution in [2.24, 2.45) is 0 Å². The van der Waals surface area contributed by atoms with Crippen molar-refractivity contribution in [2.75, 3.05) is 5.75 Å². The van der Waals surface area contributed by atoms with Crippen molar-refractivity contribution in [2.45, 2.75) is 238 Å². The van der Waals surface area contributed by atoms with Gasteiger partial charge in [0.2, 0.25) is 5.91 Å².